The average Bonchev–Trinajstić information content (AvgIpc) is 2.70. The van der Waals surface area contributed by atoms with Gasteiger partial charge in [-0.2, -0.15) is 0 Å². The van der Waals surface area contributed by atoms with Crippen LogP contribution in [0.4, 0.5) is 0 Å². The van der Waals surface area contributed by atoms with Crippen LogP contribution in [0, 0.1) is 0 Å². The van der Waals surface area contributed by atoms with E-state index in [0.29, 0.717) is 18.0 Å². The first-order valence-electron chi connectivity index (χ1n) is 13.4. The molecule has 0 fully saturated rings. The summed E-state index contributed by atoms with van der Waals surface area (Å²) >= 11 is 0. The van der Waals surface area contributed by atoms with Crippen molar-refractivity contribution in [3.63, 3.8) is 0 Å². The van der Waals surface area contributed by atoms with Crippen LogP contribution < -0.4 is 0 Å². The second-order valence-electron chi connectivity index (χ2n) is 14.5. The number of phenols is 2. The number of aliphatic imine (C=N–C) groups is 2. The van der Waals surface area contributed by atoms with Crippen molar-refractivity contribution in [2.75, 3.05) is 6.54 Å². The fraction of sp³-hybridized carbons (Fsp3) is 0.576. The molecule has 0 aromatic heterocycles. The van der Waals surface area contributed by atoms with E-state index in [1.165, 1.54) is 11.1 Å². The number of rotatable bonds is 5. The molecular weight excluding hydrogens is 515 g/mol. The van der Waals surface area contributed by atoms with Crippen LogP contribution in [-0.4, -0.2) is 35.2 Å². The Bertz CT molecular complexity index is 1170. The van der Waals surface area contributed by atoms with E-state index in [2.05, 4.69) is 100 Å². The number of phenolic OH excluding ortho intramolecular Hbond substituents is 2. The first kappa shape index (κ1) is 33.9. The summed E-state index contributed by atoms with van der Waals surface area (Å²) in [7, 11) is 0. The van der Waals surface area contributed by atoms with Gasteiger partial charge in [0.25, 0.3) is 0 Å². The Labute approximate surface area is 242 Å². The predicted molar refractivity (Wildman–Crippen MR) is 161 cm³/mol. The molecule has 213 valence electrons. The van der Waals surface area contributed by atoms with Gasteiger partial charge >= 0.3 is 0 Å². The molecule has 1 atom stereocenters. The molecule has 1 radical (unpaired) electrons. The topological polar surface area (TPSA) is 65.2 Å². The van der Waals surface area contributed by atoms with Crippen molar-refractivity contribution in [1.82, 2.24) is 0 Å². The summed E-state index contributed by atoms with van der Waals surface area (Å²) in [5.41, 5.74) is 5.23. The molecule has 2 rings (SSSR count). The van der Waals surface area contributed by atoms with Crippen LogP contribution in [0.25, 0.3) is 0 Å². The maximum absolute atomic E-state index is 11.0. The molecule has 0 amide bonds. The van der Waals surface area contributed by atoms with Crippen molar-refractivity contribution in [1.29, 1.82) is 0 Å². The standard InChI is InChI=1S/C33H50N2O2.Co/c1-21(35-20-23-15-25(31(5,6)7)17-27(29(23)37)33(11,12)13)18-34-19-22-14-24(30(2,3)4)16-26(28(22)36)32(8,9)10;/h14-17,19-21,36-37H,18H2,1-13H3;/t21-;/m1./s1. The second kappa shape index (κ2) is 12.0. The van der Waals surface area contributed by atoms with Gasteiger partial charge in [-0.1, -0.05) is 95.2 Å². The fourth-order valence-electron chi connectivity index (χ4n) is 4.08. The van der Waals surface area contributed by atoms with Crippen molar-refractivity contribution >= 4 is 12.4 Å². The quantitative estimate of drug-likeness (QED) is 0.359. The van der Waals surface area contributed by atoms with Crippen LogP contribution in [0.5, 0.6) is 11.5 Å². The summed E-state index contributed by atoms with van der Waals surface area (Å²) in [6, 6.07) is 8.22. The molecule has 0 unspecified atom stereocenters. The van der Waals surface area contributed by atoms with Gasteiger partial charge in [-0.25, -0.2) is 0 Å². The Hall–Kier alpha value is -2.11. The van der Waals surface area contributed by atoms with Gasteiger partial charge in [0.2, 0.25) is 0 Å². The summed E-state index contributed by atoms with van der Waals surface area (Å²) in [6.45, 7) is 28.2. The van der Waals surface area contributed by atoms with E-state index < -0.39 is 0 Å². The van der Waals surface area contributed by atoms with E-state index in [9.17, 15) is 10.2 Å². The van der Waals surface area contributed by atoms with Crippen molar-refractivity contribution in [2.45, 2.75) is 118 Å². The van der Waals surface area contributed by atoms with E-state index >= 15 is 0 Å². The molecule has 2 aromatic carbocycles. The number of benzene rings is 2. The Morgan fingerprint density at radius 3 is 1.34 bits per heavy atom. The monoisotopic (exact) mass is 565 g/mol. The van der Waals surface area contributed by atoms with Gasteiger partial charge in [0.1, 0.15) is 11.5 Å². The summed E-state index contributed by atoms with van der Waals surface area (Å²) in [4.78, 5) is 9.34. The van der Waals surface area contributed by atoms with E-state index in [1.54, 1.807) is 12.4 Å². The van der Waals surface area contributed by atoms with Crippen LogP contribution in [0.15, 0.2) is 34.3 Å². The Balaban J connectivity index is 0.00000722. The number of nitrogens with zero attached hydrogens (tertiary/aromatic N) is 2. The minimum absolute atomic E-state index is 0. The van der Waals surface area contributed by atoms with Gasteiger partial charge in [-0.15, -0.1) is 0 Å². The number of hydrogen-bond acceptors (Lipinski definition) is 4. The van der Waals surface area contributed by atoms with E-state index in [1.807, 2.05) is 19.1 Å². The Morgan fingerprint density at radius 1 is 0.632 bits per heavy atom. The molecule has 0 aliphatic rings. The third-order valence-corrected chi connectivity index (χ3v) is 6.69. The number of hydrogen-bond donors (Lipinski definition) is 2. The maximum atomic E-state index is 11.0. The summed E-state index contributed by atoms with van der Waals surface area (Å²) < 4.78 is 0. The SMILES string of the molecule is C[C@H](CN=Cc1cc(C(C)(C)C)cc(C(C)(C)C)c1O)N=Cc1cc(C(C)(C)C)cc(C(C)(C)C)c1O.[Co]. The molecule has 0 bridgehead atoms. The number of aromatic hydroxyl groups is 2. The molecule has 2 N–H and O–H groups in total. The molecule has 0 aliphatic carbocycles. The van der Waals surface area contributed by atoms with Gasteiger partial charge in [0, 0.05) is 51.5 Å². The van der Waals surface area contributed by atoms with Gasteiger partial charge in [-0.3, -0.25) is 9.98 Å². The molecule has 0 aliphatic heterocycles. The van der Waals surface area contributed by atoms with Crippen LogP contribution in [0.1, 0.15) is 123 Å². The zero-order valence-corrected chi connectivity index (χ0v) is 26.9. The van der Waals surface area contributed by atoms with Crippen LogP contribution in [0.2, 0.25) is 0 Å². The van der Waals surface area contributed by atoms with Crippen molar-refractivity contribution in [2.24, 2.45) is 9.98 Å². The predicted octanol–water partition coefficient (Wildman–Crippen LogP) is 8.21. The third kappa shape index (κ3) is 8.70. The third-order valence-electron chi connectivity index (χ3n) is 6.69. The second-order valence-corrected chi connectivity index (χ2v) is 14.5. The molecule has 4 nitrogen and oxygen atoms in total. The van der Waals surface area contributed by atoms with Crippen LogP contribution >= 0.6 is 0 Å². The van der Waals surface area contributed by atoms with Gasteiger partial charge in [0.15, 0.2) is 0 Å². The normalized spacial score (nSPS) is 14.2. The molecule has 0 heterocycles. The molecular formula is C33H50CoN2O2. The van der Waals surface area contributed by atoms with Crippen LogP contribution in [-0.2, 0) is 38.4 Å². The zero-order valence-electron chi connectivity index (χ0n) is 25.9. The molecule has 0 spiro atoms. The van der Waals surface area contributed by atoms with Crippen LogP contribution in [0.3, 0.4) is 0 Å². The van der Waals surface area contributed by atoms with E-state index in [0.717, 1.165) is 22.3 Å². The van der Waals surface area contributed by atoms with Crippen molar-refractivity contribution in [3.05, 3.63) is 57.6 Å². The van der Waals surface area contributed by atoms with Gasteiger partial charge < -0.3 is 10.2 Å². The summed E-state index contributed by atoms with van der Waals surface area (Å²) in [5, 5.41) is 22.0. The first-order valence-corrected chi connectivity index (χ1v) is 13.4. The maximum Gasteiger partial charge on any atom is 0.128 e. The van der Waals surface area contributed by atoms with Crippen molar-refractivity contribution in [3.8, 4) is 11.5 Å². The van der Waals surface area contributed by atoms with E-state index in [-0.39, 0.29) is 44.5 Å². The Morgan fingerprint density at radius 2 is 1.00 bits per heavy atom. The zero-order chi connectivity index (χ0) is 28.6. The van der Waals surface area contributed by atoms with Gasteiger partial charge in [-0.05, 0) is 51.8 Å². The largest absolute Gasteiger partial charge is 0.507 e. The van der Waals surface area contributed by atoms with E-state index in [4.69, 9.17) is 4.99 Å². The minimum atomic E-state index is -0.181. The smallest absolute Gasteiger partial charge is 0.128 e. The fourth-order valence-corrected chi connectivity index (χ4v) is 4.08. The summed E-state index contributed by atoms with van der Waals surface area (Å²) in [6.07, 6.45) is 3.54. The molecule has 38 heavy (non-hydrogen) atoms. The molecule has 0 saturated heterocycles. The molecule has 0 saturated carbocycles. The molecule has 5 heteroatoms. The first-order chi connectivity index (χ1) is 16.6. The Kier molecular flexibility index (Phi) is 10.7. The average molecular weight is 566 g/mol. The summed E-state index contributed by atoms with van der Waals surface area (Å²) in [5.74, 6) is 0.581. The minimum Gasteiger partial charge on any atom is -0.507 e. The van der Waals surface area contributed by atoms with Crippen molar-refractivity contribution < 1.29 is 27.0 Å². The molecule has 2 aromatic rings. The van der Waals surface area contributed by atoms with Gasteiger partial charge in [0.05, 0.1) is 12.6 Å².